The van der Waals surface area contributed by atoms with E-state index < -0.39 is 5.97 Å². The van der Waals surface area contributed by atoms with Crippen molar-refractivity contribution in [3.8, 4) is 0 Å². The minimum atomic E-state index is -0.455. The molecule has 3 N–H and O–H groups in total. The minimum Gasteiger partial charge on any atom is -0.465 e. The molecule has 104 valence electrons. The van der Waals surface area contributed by atoms with E-state index >= 15 is 0 Å². The minimum absolute atomic E-state index is 0.346. The number of nitrogens with two attached hydrogens (primary N) is 1. The Kier molecular flexibility index (Phi) is 3.89. The van der Waals surface area contributed by atoms with Crippen molar-refractivity contribution in [2.45, 2.75) is 6.92 Å². The van der Waals surface area contributed by atoms with Crippen LogP contribution in [-0.2, 0) is 4.74 Å². The maximum Gasteiger partial charge on any atom is 0.337 e. The van der Waals surface area contributed by atoms with Crippen molar-refractivity contribution in [1.82, 2.24) is 0 Å². The highest BCUT2D eigenvalue weighted by Gasteiger charge is 2.09. The molecule has 4 nitrogen and oxygen atoms in total. The van der Waals surface area contributed by atoms with Gasteiger partial charge in [-0.2, -0.15) is 0 Å². The summed E-state index contributed by atoms with van der Waals surface area (Å²) >= 11 is 0. The molecule has 0 heterocycles. The first-order valence-electron chi connectivity index (χ1n) is 6.02. The van der Waals surface area contributed by atoms with E-state index in [1.54, 1.807) is 24.3 Å². The van der Waals surface area contributed by atoms with E-state index in [1.165, 1.54) is 19.2 Å². The quantitative estimate of drug-likeness (QED) is 0.666. The molecule has 2 aromatic rings. The van der Waals surface area contributed by atoms with Crippen molar-refractivity contribution in [2.75, 3.05) is 18.2 Å². The molecule has 0 aromatic heterocycles. The molecule has 2 aromatic carbocycles. The Balaban J connectivity index is 2.37. The molecule has 0 radical (unpaired) electrons. The van der Waals surface area contributed by atoms with Crippen molar-refractivity contribution >= 4 is 23.0 Å². The van der Waals surface area contributed by atoms with Gasteiger partial charge < -0.3 is 15.8 Å². The van der Waals surface area contributed by atoms with Crippen molar-refractivity contribution in [1.29, 1.82) is 0 Å². The average molecular weight is 274 g/mol. The van der Waals surface area contributed by atoms with Gasteiger partial charge in [-0.1, -0.05) is 6.07 Å². The molecule has 0 unspecified atom stereocenters. The Labute approximate surface area is 116 Å². The Hall–Kier alpha value is -2.56. The number of esters is 1. The van der Waals surface area contributed by atoms with E-state index in [0.717, 1.165) is 5.56 Å². The van der Waals surface area contributed by atoms with Crippen LogP contribution in [0.4, 0.5) is 21.5 Å². The number of carbonyl (C=O) groups excluding carboxylic acids is 1. The number of methoxy groups -OCH3 is 1. The van der Waals surface area contributed by atoms with Crippen LogP contribution >= 0.6 is 0 Å². The van der Waals surface area contributed by atoms with Crippen molar-refractivity contribution < 1.29 is 13.9 Å². The summed E-state index contributed by atoms with van der Waals surface area (Å²) in [4.78, 5) is 11.5. The number of ether oxygens (including phenoxy) is 1. The summed E-state index contributed by atoms with van der Waals surface area (Å²) in [5.41, 5.74) is 8.69. The lowest BCUT2D eigenvalue weighted by molar-refractivity contribution is 0.0601. The summed E-state index contributed by atoms with van der Waals surface area (Å²) in [5, 5.41) is 3.03. The first kappa shape index (κ1) is 13.9. The first-order chi connectivity index (χ1) is 9.51. The van der Waals surface area contributed by atoms with Gasteiger partial charge >= 0.3 is 5.97 Å². The molecule has 0 amide bonds. The third-order valence-electron chi connectivity index (χ3n) is 2.94. The molecule has 0 spiro atoms. The van der Waals surface area contributed by atoms with E-state index in [4.69, 9.17) is 5.73 Å². The summed E-state index contributed by atoms with van der Waals surface area (Å²) < 4.78 is 17.9. The maximum atomic E-state index is 13.3. The van der Waals surface area contributed by atoms with E-state index in [2.05, 4.69) is 10.1 Å². The van der Waals surface area contributed by atoms with Crippen LogP contribution in [0.3, 0.4) is 0 Å². The van der Waals surface area contributed by atoms with Gasteiger partial charge in [0.15, 0.2) is 0 Å². The molecule has 0 aliphatic carbocycles. The standard InChI is InChI=1S/C15H15FN2O2/c1-9-3-5-11(16)8-13(9)18-14-7-10(15(19)20-2)4-6-12(14)17/h3-8,18H,17H2,1-2H3. The summed E-state index contributed by atoms with van der Waals surface area (Å²) in [5.74, 6) is -0.801. The molecular weight excluding hydrogens is 259 g/mol. The van der Waals surface area contributed by atoms with Gasteiger partial charge in [-0.25, -0.2) is 9.18 Å². The fourth-order valence-corrected chi connectivity index (χ4v) is 1.78. The second-order valence-electron chi connectivity index (χ2n) is 4.38. The second-order valence-corrected chi connectivity index (χ2v) is 4.38. The lowest BCUT2D eigenvalue weighted by atomic mass is 10.1. The lowest BCUT2D eigenvalue weighted by Gasteiger charge is -2.13. The van der Waals surface area contributed by atoms with Gasteiger partial charge in [0, 0.05) is 5.69 Å². The van der Waals surface area contributed by atoms with Crippen LogP contribution in [0.1, 0.15) is 15.9 Å². The monoisotopic (exact) mass is 274 g/mol. The zero-order chi connectivity index (χ0) is 14.7. The summed E-state index contributed by atoms with van der Waals surface area (Å²) in [7, 11) is 1.31. The fraction of sp³-hybridized carbons (Fsp3) is 0.133. The highest BCUT2D eigenvalue weighted by atomic mass is 19.1. The highest BCUT2D eigenvalue weighted by molar-refractivity contribution is 5.92. The number of benzene rings is 2. The molecule has 5 heteroatoms. The average Bonchev–Trinajstić information content (AvgIpc) is 2.44. The van der Waals surface area contributed by atoms with Crippen molar-refractivity contribution in [3.05, 3.63) is 53.3 Å². The van der Waals surface area contributed by atoms with Gasteiger partial charge in [-0.15, -0.1) is 0 Å². The Morgan fingerprint density at radius 3 is 2.65 bits per heavy atom. The van der Waals surface area contributed by atoms with Gasteiger partial charge in [0.05, 0.1) is 24.0 Å². The molecule has 0 bridgehead atoms. The van der Waals surface area contributed by atoms with Gasteiger partial charge in [0.1, 0.15) is 5.82 Å². The zero-order valence-electron chi connectivity index (χ0n) is 11.2. The van der Waals surface area contributed by atoms with Crippen LogP contribution in [0.25, 0.3) is 0 Å². The molecule has 0 saturated carbocycles. The number of anilines is 3. The summed E-state index contributed by atoms with van der Waals surface area (Å²) in [6.45, 7) is 1.85. The summed E-state index contributed by atoms with van der Waals surface area (Å²) in [6, 6.07) is 9.17. The fourth-order valence-electron chi connectivity index (χ4n) is 1.78. The molecule has 2 rings (SSSR count). The first-order valence-corrected chi connectivity index (χ1v) is 6.02. The number of nitrogens with one attached hydrogen (secondary N) is 1. The van der Waals surface area contributed by atoms with Crippen LogP contribution in [0.5, 0.6) is 0 Å². The molecular formula is C15H15FN2O2. The zero-order valence-corrected chi connectivity index (χ0v) is 11.2. The lowest BCUT2D eigenvalue weighted by Crippen LogP contribution is -2.04. The third kappa shape index (κ3) is 2.88. The maximum absolute atomic E-state index is 13.3. The Morgan fingerprint density at radius 2 is 1.95 bits per heavy atom. The van der Waals surface area contributed by atoms with Crippen LogP contribution in [0, 0.1) is 12.7 Å². The van der Waals surface area contributed by atoms with E-state index in [0.29, 0.717) is 22.6 Å². The van der Waals surface area contributed by atoms with Gasteiger partial charge in [0.2, 0.25) is 0 Å². The second kappa shape index (κ2) is 5.61. The van der Waals surface area contributed by atoms with Crippen LogP contribution in [0.2, 0.25) is 0 Å². The smallest absolute Gasteiger partial charge is 0.337 e. The molecule has 0 saturated heterocycles. The third-order valence-corrected chi connectivity index (χ3v) is 2.94. The van der Waals surface area contributed by atoms with Crippen molar-refractivity contribution in [3.63, 3.8) is 0 Å². The van der Waals surface area contributed by atoms with Gasteiger partial charge in [0.25, 0.3) is 0 Å². The predicted octanol–water partition coefficient (Wildman–Crippen LogP) is 3.25. The van der Waals surface area contributed by atoms with E-state index in [-0.39, 0.29) is 5.82 Å². The number of hydrogen-bond donors (Lipinski definition) is 2. The number of carbonyl (C=O) groups is 1. The molecule has 0 aliphatic heterocycles. The number of hydrogen-bond acceptors (Lipinski definition) is 4. The largest absolute Gasteiger partial charge is 0.465 e. The SMILES string of the molecule is COC(=O)c1ccc(N)c(Nc2cc(F)ccc2C)c1. The van der Waals surface area contributed by atoms with Crippen LogP contribution < -0.4 is 11.1 Å². The summed E-state index contributed by atoms with van der Waals surface area (Å²) in [6.07, 6.45) is 0. The van der Waals surface area contributed by atoms with E-state index in [1.807, 2.05) is 6.92 Å². The predicted molar refractivity (Wildman–Crippen MR) is 76.6 cm³/mol. The molecule has 0 atom stereocenters. The Morgan fingerprint density at radius 1 is 1.20 bits per heavy atom. The number of halogens is 1. The molecule has 0 aliphatic rings. The Bertz CT molecular complexity index is 656. The van der Waals surface area contributed by atoms with Gasteiger partial charge in [-0.05, 0) is 42.8 Å². The normalized spacial score (nSPS) is 10.2. The molecule has 20 heavy (non-hydrogen) atoms. The number of rotatable bonds is 3. The number of aryl methyl sites for hydroxylation is 1. The number of nitrogen functional groups attached to an aromatic ring is 1. The van der Waals surface area contributed by atoms with Gasteiger partial charge in [-0.3, -0.25) is 0 Å². The topological polar surface area (TPSA) is 64.3 Å². The van der Waals surface area contributed by atoms with Crippen molar-refractivity contribution in [2.24, 2.45) is 0 Å². The van der Waals surface area contributed by atoms with Crippen LogP contribution in [0.15, 0.2) is 36.4 Å². The van der Waals surface area contributed by atoms with E-state index in [9.17, 15) is 9.18 Å². The van der Waals surface area contributed by atoms with Crippen LogP contribution in [-0.4, -0.2) is 13.1 Å². The highest BCUT2D eigenvalue weighted by Crippen LogP contribution is 2.27. The molecule has 0 fully saturated rings.